The smallest absolute Gasteiger partial charge is 0.119 e. The minimum absolute atomic E-state index is 0.518. The van der Waals surface area contributed by atoms with E-state index in [9.17, 15) is 0 Å². The number of aromatic nitrogens is 3. The largest absolute Gasteiger partial charge is 0.378 e. The number of aryl methyl sites for hydroxylation is 2. The van der Waals surface area contributed by atoms with E-state index >= 15 is 0 Å². The van der Waals surface area contributed by atoms with Crippen LogP contribution in [0, 0.1) is 6.92 Å². The van der Waals surface area contributed by atoms with E-state index in [1.807, 2.05) is 0 Å². The fourth-order valence-corrected chi connectivity index (χ4v) is 3.66. The normalized spacial score (nSPS) is 17.9. The number of fused-ring (bicyclic) bond motifs is 1. The first-order valence-corrected chi connectivity index (χ1v) is 8.31. The van der Waals surface area contributed by atoms with Crippen molar-refractivity contribution < 1.29 is 4.74 Å². The van der Waals surface area contributed by atoms with Crippen molar-refractivity contribution in [2.24, 2.45) is 0 Å². The van der Waals surface area contributed by atoms with Crippen LogP contribution in [-0.4, -0.2) is 28.2 Å². The minimum atomic E-state index is 0.518. The predicted molar refractivity (Wildman–Crippen MR) is 83.5 cm³/mol. The van der Waals surface area contributed by atoms with Gasteiger partial charge in [0.25, 0.3) is 0 Å². The van der Waals surface area contributed by atoms with Crippen molar-refractivity contribution in [3.8, 4) is 0 Å². The van der Waals surface area contributed by atoms with Gasteiger partial charge >= 0.3 is 0 Å². The highest BCUT2D eigenvalue weighted by atomic mass is 32.1. The van der Waals surface area contributed by atoms with Crippen LogP contribution in [0.2, 0.25) is 0 Å². The number of nitrogens with zero attached hydrogens (tertiary/aromatic N) is 3. The predicted octanol–water partition coefficient (Wildman–Crippen LogP) is 2.46. The van der Waals surface area contributed by atoms with Gasteiger partial charge in [-0.2, -0.15) is 0 Å². The second-order valence-electron chi connectivity index (χ2n) is 5.57. The molecule has 2 aromatic heterocycles. The molecule has 3 heterocycles. The minimum Gasteiger partial charge on any atom is -0.378 e. The molecule has 0 saturated carbocycles. The Hall–Kier alpha value is -1.24. The molecule has 1 aliphatic rings. The van der Waals surface area contributed by atoms with Crippen LogP contribution in [0.5, 0.6) is 0 Å². The summed E-state index contributed by atoms with van der Waals surface area (Å²) in [7, 11) is 1.70. The summed E-state index contributed by atoms with van der Waals surface area (Å²) in [4.78, 5) is 9.22. The summed E-state index contributed by atoms with van der Waals surface area (Å²) in [6, 6.07) is 0. The van der Waals surface area contributed by atoms with Crippen molar-refractivity contribution in [1.29, 1.82) is 0 Å². The zero-order valence-corrected chi connectivity index (χ0v) is 13.4. The third-order valence-electron chi connectivity index (χ3n) is 3.81. The second-order valence-corrected chi connectivity index (χ2v) is 6.51. The summed E-state index contributed by atoms with van der Waals surface area (Å²) < 4.78 is 7.41. The zero-order valence-electron chi connectivity index (χ0n) is 12.6. The molecule has 5 nitrogen and oxygen atoms in total. The van der Waals surface area contributed by atoms with E-state index in [-0.39, 0.29) is 0 Å². The maximum Gasteiger partial charge on any atom is 0.119 e. The Morgan fingerprint density at radius 2 is 2.38 bits per heavy atom. The zero-order chi connectivity index (χ0) is 14.7. The molecule has 2 aromatic rings. The van der Waals surface area contributed by atoms with Gasteiger partial charge in [-0.25, -0.2) is 9.97 Å². The van der Waals surface area contributed by atoms with Gasteiger partial charge in [-0.3, -0.25) is 0 Å². The lowest BCUT2D eigenvalue weighted by molar-refractivity contribution is 0.184. The number of hydrogen-bond donors (Lipinski definition) is 1. The van der Waals surface area contributed by atoms with Crippen molar-refractivity contribution in [1.82, 2.24) is 19.9 Å². The maximum absolute atomic E-state index is 5.10. The molecule has 0 aromatic carbocycles. The number of rotatable bonds is 6. The third-order valence-corrected chi connectivity index (χ3v) is 4.68. The molecule has 0 spiro atoms. The van der Waals surface area contributed by atoms with Crippen LogP contribution in [0.25, 0.3) is 0 Å². The van der Waals surface area contributed by atoms with E-state index in [2.05, 4.69) is 38.4 Å². The van der Waals surface area contributed by atoms with Crippen LogP contribution in [0.4, 0.5) is 0 Å². The second kappa shape index (κ2) is 6.68. The van der Waals surface area contributed by atoms with E-state index in [1.165, 1.54) is 18.7 Å². The molecule has 0 unspecified atom stereocenters. The summed E-state index contributed by atoms with van der Waals surface area (Å²) in [5.41, 5.74) is 2.22. The van der Waals surface area contributed by atoms with Crippen LogP contribution in [0.15, 0.2) is 11.6 Å². The molecule has 0 saturated heterocycles. The van der Waals surface area contributed by atoms with Crippen LogP contribution in [-0.2, 0) is 24.4 Å². The van der Waals surface area contributed by atoms with Gasteiger partial charge in [0.2, 0.25) is 0 Å². The highest BCUT2D eigenvalue weighted by molar-refractivity contribution is 7.09. The monoisotopic (exact) mass is 306 g/mol. The van der Waals surface area contributed by atoms with E-state index in [0.717, 1.165) is 36.0 Å². The van der Waals surface area contributed by atoms with Gasteiger partial charge in [-0.05, 0) is 19.8 Å². The Morgan fingerprint density at radius 3 is 3.24 bits per heavy atom. The number of imidazole rings is 1. The fraction of sp³-hybridized carbons (Fsp3) is 0.600. The highest BCUT2D eigenvalue weighted by Gasteiger charge is 2.21. The van der Waals surface area contributed by atoms with Gasteiger partial charge in [-0.15, -0.1) is 11.3 Å². The Balaban J connectivity index is 1.53. The fourth-order valence-electron chi connectivity index (χ4n) is 2.90. The van der Waals surface area contributed by atoms with Gasteiger partial charge < -0.3 is 14.6 Å². The standard InChI is InChI=1S/C15H22N4OS/c1-11-8-19-5-3-4-12(15(19)17-11)6-16-7-13-10-21-14(18-13)9-20-2/h8,10,12,16H,3-7,9H2,1-2H3/t12-/m0/s1. The van der Waals surface area contributed by atoms with Gasteiger partial charge in [-0.1, -0.05) is 0 Å². The van der Waals surface area contributed by atoms with Crippen LogP contribution in [0.3, 0.4) is 0 Å². The molecule has 0 bridgehead atoms. The van der Waals surface area contributed by atoms with E-state index in [1.54, 1.807) is 18.4 Å². The first-order valence-electron chi connectivity index (χ1n) is 7.43. The van der Waals surface area contributed by atoms with Gasteiger partial charge in [0.05, 0.1) is 18.0 Å². The van der Waals surface area contributed by atoms with Gasteiger partial charge in [0, 0.05) is 44.2 Å². The molecule has 1 atom stereocenters. The molecule has 3 rings (SSSR count). The molecule has 1 N–H and O–H groups in total. The summed E-state index contributed by atoms with van der Waals surface area (Å²) in [6.07, 6.45) is 4.62. The molecule has 0 fully saturated rings. The first-order chi connectivity index (χ1) is 10.3. The average Bonchev–Trinajstić information content (AvgIpc) is 3.05. The molecule has 0 radical (unpaired) electrons. The quantitative estimate of drug-likeness (QED) is 0.891. The van der Waals surface area contributed by atoms with Crippen molar-refractivity contribution in [3.63, 3.8) is 0 Å². The lowest BCUT2D eigenvalue weighted by Crippen LogP contribution is -2.26. The number of hydrogen-bond acceptors (Lipinski definition) is 5. The lowest BCUT2D eigenvalue weighted by atomic mass is 9.99. The third kappa shape index (κ3) is 3.51. The van der Waals surface area contributed by atoms with Gasteiger partial charge in [0.15, 0.2) is 0 Å². The number of nitrogens with one attached hydrogen (secondary N) is 1. The van der Waals surface area contributed by atoms with Crippen molar-refractivity contribution >= 4 is 11.3 Å². The average molecular weight is 306 g/mol. The molecular formula is C15H22N4OS. The molecule has 1 aliphatic heterocycles. The van der Waals surface area contributed by atoms with E-state index in [4.69, 9.17) is 4.74 Å². The summed E-state index contributed by atoms with van der Waals surface area (Å²) >= 11 is 1.66. The van der Waals surface area contributed by atoms with Crippen molar-refractivity contribution in [2.75, 3.05) is 13.7 Å². The molecule has 6 heteroatoms. The molecule has 0 aliphatic carbocycles. The Kier molecular flexibility index (Phi) is 4.67. The number of ether oxygens (including phenoxy) is 1. The first kappa shape index (κ1) is 14.7. The van der Waals surface area contributed by atoms with Gasteiger partial charge in [0.1, 0.15) is 10.8 Å². The summed E-state index contributed by atoms with van der Waals surface area (Å²) in [5.74, 6) is 1.76. The molecule has 0 amide bonds. The SMILES string of the molecule is COCc1nc(CNC[C@@H]2CCCn3cc(C)nc32)cs1. The van der Waals surface area contributed by atoms with Crippen LogP contribution >= 0.6 is 11.3 Å². The van der Waals surface area contributed by atoms with Crippen LogP contribution in [0.1, 0.15) is 41.0 Å². The Labute approximate surface area is 129 Å². The Morgan fingerprint density at radius 1 is 1.48 bits per heavy atom. The Bertz CT molecular complexity index is 592. The van der Waals surface area contributed by atoms with Crippen LogP contribution < -0.4 is 5.32 Å². The van der Waals surface area contributed by atoms with E-state index < -0.39 is 0 Å². The maximum atomic E-state index is 5.10. The molecule has 21 heavy (non-hydrogen) atoms. The van der Waals surface area contributed by atoms with Crippen molar-refractivity contribution in [3.05, 3.63) is 33.8 Å². The molecule has 114 valence electrons. The van der Waals surface area contributed by atoms with Crippen molar-refractivity contribution in [2.45, 2.75) is 45.4 Å². The lowest BCUT2D eigenvalue weighted by Gasteiger charge is -2.23. The summed E-state index contributed by atoms with van der Waals surface area (Å²) in [5, 5.41) is 6.67. The van der Waals surface area contributed by atoms with E-state index in [0.29, 0.717) is 12.5 Å². The number of methoxy groups -OCH3 is 1. The topological polar surface area (TPSA) is 52.0 Å². The highest BCUT2D eigenvalue weighted by Crippen LogP contribution is 2.26. The molecular weight excluding hydrogens is 284 g/mol. The number of thiazole rings is 1. The summed E-state index contributed by atoms with van der Waals surface area (Å²) in [6.45, 7) is 5.57.